The van der Waals surface area contributed by atoms with Crippen LogP contribution in [0.25, 0.3) is 22.4 Å². The minimum absolute atomic E-state index is 0.145. The van der Waals surface area contributed by atoms with E-state index in [9.17, 15) is 18.0 Å². The van der Waals surface area contributed by atoms with Crippen LogP contribution in [-0.4, -0.2) is 29.0 Å². The van der Waals surface area contributed by atoms with Crippen molar-refractivity contribution in [3.8, 4) is 17.1 Å². The van der Waals surface area contributed by atoms with E-state index in [2.05, 4.69) is 30.1 Å². The lowest BCUT2D eigenvalue weighted by Gasteiger charge is -2.40. The minimum atomic E-state index is -4.75. The number of methoxy groups -OCH3 is 1. The highest BCUT2D eigenvalue weighted by atomic mass is 19.4. The number of hydrogen-bond donors (Lipinski definition) is 0. The van der Waals surface area contributed by atoms with Gasteiger partial charge in [0.2, 0.25) is 0 Å². The van der Waals surface area contributed by atoms with Gasteiger partial charge in [-0.15, -0.1) is 13.2 Å². The molecule has 1 heterocycles. The van der Waals surface area contributed by atoms with Crippen LogP contribution in [0.15, 0.2) is 42.5 Å². The van der Waals surface area contributed by atoms with E-state index in [0.717, 1.165) is 24.8 Å². The first-order valence-electron chi connectivity index (χ1n) is 10.9. The average molecular weight is 460 g/mol. The van der Waals surface area contributed by atoms with Crippen LogP contribution in [0, 0.1) is 11.3 Å². The summed E-state index contributed by atoms with van der Waals surface area (Å²) < 4.78 is 48.8. The van der Waals surface area contributed by atoms with E-state index in [1.807, 2.05) is 6.07 Å². The number of alkyl halides is 3. The Balaban J connectivity index is 1.83. The first-order valence-corrected chi connectivity index (χ1v) is 10.9. The van der Waals surface area contributed by atoms with Crippen molar-refractivity contribution in [1.82, 2.24) is 9.55 Å². The van der Waals surface area contributed by atoms with Crippen LogP contribution in [-0.2, 0) is 4.74 Å². The molecule has 3 aromatic rings. The maximum Gasteiger partial charge on any atom is 0.573 e. The molecule has 2 aromatic carbocycles. The second-order valence-corrected chi connectivity index (χ2v) is 9.64. The quantitative estimate of drug-likeness (QED) is 0.403. The van der Waals surface area contributed by atoms with Crippen molar-refractivity contribution in [1.29, 1.82) is 0 Å². The van der Waals surface area contributed by atoms with E-state index >= 15 is 0 Å². The molecule has 0 spiro atoms. The number of carbonyl (C=O) groups is 1. The molecule has 1 fully saturated rings. The van der Waals surface area contributed by atoms with Gasteiger partial charge in [-0.1, -0.05) is 20.8 Å². The number of fused-ring (bicyclic) bond motifs is 1. The van der Waals surface area contributed by atoms with Crippen LogP contribution < -0.4 is 4.74 Å². The van der Waals surface area contributed by atoms with E-state index in [-0.39, 0.29) is 17.2 Å². The summed E-state index contributed by atoms with van der Waals surface area (Å²) in [5, 5.41) is 0. The van der Waals surface area contributed by atoms with Crippen LogP contribution in [0.3, 0.4) is 0 Å². The summed E-state index contributed by atoms with van der Waals surface area (Å²) in [4.78, 5) is 16.8. The normalized spacial score (nSPS) is 20.6. The number of esters is 1. The number of hydrogen-bond acceptors (Lipinski definition) is 4. The molecular weight excluding hydrogens is 433 g/mol. The van der Waals surface area contributed by atoms with Crippen molar-refractivity contribution in [3.63, 3.8) is 0 Å². The maximum atomic E-state index is 12.6. The number of halogens is 3. The first kappa shape index (κ1) is 23.1. The molecule has 1 aromatic heterocycles. The van der Waals surface area contributed by atoms with Gasteiger partial charge in [-0.25, -0.2) is 9.78 Å². The smallest absolute Gasteiger partial charge is 0.465 e. The summed E-state index contributed by atoms with van der Waals surface area (Å²) in [6.45, 7) is 6.76. The van der Waals surface area contributed by atoms with Crippen LogP contribution in [0.1, 0.15) is 56.4 Å². The number of rotatable bonds is 4. The maximum absolute atomic E-state index is 12.6. The fourth-order valence-corrected chi connectivity index (χ4v) is 5.21. The highest BCUT2D eigenvalue weighted by Crippen LogP contribution is 2.46. The van der Waals surface area contributed by atoms with Crippen molar-refractivity contribution < 1.29 is 27.4 Å². The standard InChI is InChI=1S/C25H27F3N2O3/c1-15-11-18(14-24(2,3)13-15)30-21-10-7-17(23(31)32-4)12-20(21)29-22(30)16-5-8-19(9-6-16)33-25(26,27)28/h5-10,12,15,18H,11,13-14H2,1-4H3/t15-,18+/m1/s1. The second-order valence-electron chi connectivity index (χ2n) is 9.64. The zero-order valence-corrected chi connectivity index (χ0v) is 19.1. The van der Waals surface area contributed by atoms with Gasteiger partial charge in [-0.05, 0) is 73.1 Å². The molecule has 176 valence electrons. The van der Waals surface area contributed by atoms with Gasteiger partial charge in [0.25, 0.3) is 0 Å². The third-order valence-electron chi connectivity index (χ3n) is 6.19. The summed E-state index contributed by atoms with van der Waals surface area (Å²) in [7, 11) is 1.33. The molecule has 0 aliphatic heterocycles. The molecule has 0 radical (unpaired) electrons. The molecule has 0 amide bonds. The lowest BCUT2D eigenvalue weighted by atomic mass is 9.70. The van der Waals surface area contributed by atoms with Gasteiger partial charge in [0, 0.05) is 11.6 Å². The molecular formula is C25H27F3N2O3. The van der Waals surface area contributed by atoms with Crippen LogP contribution in [0.5, 0.6) is 5.75 Å². The summed E-state index contributed by atoms with van der Waals surface area (Å²) in [5.41, 5.74) is 2.73. The Kier molecular flexibility index (Phi) is 5.88. The lowest BCUT2D eigenvalue weighted by Crippen LogP contribution is -2.29. The molecule has 0 unspecified atom stereocenters. The van der Waals surface area contributed by atoms with Crippen molar-refractivity contribution in [2.24, 2.45) is 11.3 Å². The molecule has 1 saturated carbocycles. The molecule has 0 N–H and O–H groups in total. The topological polar surface area (TPSA) is 53.4 Å². The largest absolute Gasteiger partial charge is 0.573 e. The Morgan fingerprint density at radius 2 is 1.82 bits per heavy atom. The van der Waals surface area contributed by atoms with Crippen molar-refractivity contribution in [2.45, 2.75) is 52.4 Å². The predicted molar refractivity (Wildman–Crippen MR) is 119 cm³/mol. The Bertz CT molecular complexity index is 1170. The molecule has 2 atom stereocenters. The molecule has 0 bridgehead atoms. The van der Waals surface area contributed by atoms with Crippen LogP contribution in [0.4, 0.5) is 13.2 Å². The molecule has 8 heteroatoms. The number of imidazole rings is 1. The Hall–Kier alpha value is -3.03. The summed E-state index contributed by atoms with van der Waals surface area (Å²) in [6.07, 6.45) is -1.70. The monoisotopic (exact) mass is 460 g/mol. The fraction of sp³-hybridized carbons (Fsp3) is 0.440. The zero-order valence-electron chi connectivity index (χ0n) is 19.1. The van der Waals surface area contributed by atoms with Gasteiger partial charge in [0.1, 0.15) is 11.6 Å². The van der Waals surface area contributed by atoms with Crippen molar-refractivity contribution in [3.05, 3.63) is 48.0 Å². The van der Waals surface area contributed by atoms with Crippen LogP contribution in [0.2, 0.25) is 0 Å². The number of ether oxygens (including phenoxy) is 2. The first-order chi connectivity index (χ1) is 15.5. The minimum Gasteiger partial charge on any atom is -0.465 e. The van der Waals surface area contributed by atoms with E-state index in [0.29, 0.717) is 28.4 Å². The summed E-state index contributed by atoms with van der Waals surface area (Å²) in [5.74, 6) is 0.435. The van der Waals surface area contributed by atoms with Gasteiger partial charge in [0.15, 0.2) is 0 Å². The predicted octanol–water partition coefficient (Wildman–Crippen LogP) is 6.78. The van der Waals surface area contributed by atoms with Gasteiger partial charge in [-0.3, -0.25) is 0 Å². The third-order valence-corrected chi connectivity index (χ3v) is 6.19. The molecule has 4 rings (SSSR count). The van der Waals surface area contributed by atoms with E-state index in [4.69, 9.17) is 9.72 Å². The Morgan fingerprint density at radius 3 is 2.42 bits per heavy atom. The molecule has 1 aliphatic rings. The van der Waals surface area contributed by atoms with Gasteiger partial charge < -0.3 is 14.0 Å². The highest BCUT2D eigenvalue weighted by molar-refractivity contribution is 5.94. The Labute approximate surface area is 190 Å². The van der Waals surface area contributed by atoms with Gasteiger partial charge >= 0.3 is 12.3 Å². The summed E-state index contributed by atoms with van der Waals surface area (Å²) >= 11 is 0. The van der Waals surface area contributed by atoms with E-state index < -0.39 is 12.3 Å². The average Bonchev–Trinajstić information content (AvgIpc) is 3.09. The Morgan fingerprint density at radius 1 is 1.12 bits per heavy atom. The third kappa shape index (κ3) is 4.99. The summed E-state index contributed by atoms with van der Waals surface area (Å²) in [6, 6.07) is 11.2. The SMILES string of the molecule is COC(=O)c1ccc2c(c1)nc(-c1ccc(OC(F)(F)F)cc1)n2[C@H]1C[C@@H](C)CC(C)(C)C1. The molecule has 0 saturated heterocycles. The number of carbonyl (C=O) groups excluding carboxylic acids is 1. The molecule has 5 nitrogen and oxygen atoms in total. The van der Waals surface area contributed by atoms with E-state index in [1.165, 1.54) is 19.2 Å². The fourth-order valence-electron chi connectivity index (χ4n) is 5.21. The molecule has 33 heavy (non-hydrogen) atoms. The zero-order chi connectivity index (χ0) is 24.0. The second kappa shape index (κ2) is 8.39. The van der Waals surface area contributed by atoms with Gasteiger partial charge in [0.05, 0.1) is 23.7 Å². The number of aromatic nitrogens is 2. The van der Waals surface area contributed by atoms with Crippen LogP contribution >= 0.6 is 0 Å². The number of benzene rings is 2. The highest BCUT2D eigenvalue weighted by Gasteiger charge is 2.35. The van der Waals surface area contributed by atoms with Gasteiger partial charge in [-0.2, -0.15) is 0 Å². The van der Waals surface area contributed by atoms with E-state index in [1.54, 1.807) is 24.3 Å². The van der Waals surface area contributed by atoms with Crippen molar-refractivity contribution in [2.75, 3.05) is 7.11 Å². The van der Waals surface area contributed by atoms with Crippen molar-refractivity contribution >= 4 is 17.0 Å². The molecule has 1 aliphatic carbocycles. The number of nitrogens with zero attached hydrogens (tertiary/aromatic N) is 2. The lowest BCUT2D eigenvalue weighted by molar-refractivity contribution is -0.274.